The second kappa shape index (κ2) is 21.3. The van der Waals surface area contributed by atoms with Crippen LogP contribution in [0.3, 0.4) is 0 Å². The lowest BCUT2D eigenvalue weighted by Gasteiger charge is -2.42. The Morgan fingerprint density at radius 3 is 1.29 bits per heavy atom. The lowest BCUT2D eigenvalue weighted by Crippen LogP contribution is -2.50. The number of amides is 2. The number of carbonyl (C=O) groups is 4. The molecule has 2 aromatic carbocycles. The zero-order valence-electron chi connectivity index (χ0n) is 38.2. The van der Waals surface area contributed by atoms with Gasteiger partial charge in [0.2, 0.25) is 11.8 Å². The number of halogens is 6. The van der Waals surface area contributed by atoms with E-state index in [4.69, 9.17) is 20.4 Å². The SMILES string of the molecule is CCN(CC)C(=O)[C@@H]1C=C2c3cccc4[nH]cc(c34)C[C@H]2N(CCC(F)(F)F)C1.CCN(CC)C(=O)[C@@H]1C=C2c3cccc4[nH]cc(c34)C[C@H]2N(CCC(F)(F)F)C1.O=C(O)C(O)C(O)C(=O)O. The van der Waals surface area contributed by atoms with Crippen LogP contribution in [-0.4, -0.2) is 163 Å². The van der Waals surface area contributed by atoms with Crippen molar-refractivity contribution in [1.29, 1.82) is 0 Å². The number of fused-ring (bicyclic) bond motifs is 4. The highest BCUT2D eigenvalue weighted by Crippen LogP contribution is 2.44. The number of aliphatic hydroxyl groups is 2. The highest BCUT2D eigenvalue weighted by molar-refractivity contribution is 6.00. The molecule has 4 aliphatic rings. The fraction of sp³-hybridized carbons (Fsp3) is 0.500. The molecular formula is C48H58F6N6O8. The number of carboxylic acids is 2. The molecule has 4 aromatic rings. The molecule has 0 fully saturated rings. The minimum absolute atomic E-state index is 0.00926. The van der Waals surface area contributed by atoms with Gasteiger partial charge in [-0.25, -0.2) is 9.59 Å². The average Bonchev–Trinajstić information content (AvgIpc) is 3.93. The van der Waals surface area contributed by atoms with E-state index in [2.05, 4.69) is 9.97 Å². The van der Waals surface area contributed by atoms with E-state index in [1.54, 1.807) is 9.80 Å². The van der Waals surface area contributed by atoms with Crippen molar-refractivity contribution >= 4 is 56.7 Å². The summed E-state index contributed by atoms with van der Waals surface area (Å²) in [5.41, 5.74) is 8.34. The topological polar surface area (TPSA) is 194 Å². The number of nitrogens with one attached hydrogen (secondary N) is 2. The number of H-pyrrole nitrogens is 2. The van der Waals surface area contributed by atoms with Gasteiger partial charge in [-0.1, -0.05) is 36.4 Å². The van der Waals surface area contributed by atoms with Crippen molar-refractivity contribution < 1.29 is 65.9 Å². The van der Waals surface area contributed by atoms with Crippen molar-refractivity contribution in [3.8, 4) is 0 Å². The Kier molecular flexibility index (Phi) is 16.2. The summed E-state index contributed by atoms with van der Waals surface area (Å²) in [4.78, 5) is 59.4. The number of hydrogen-bond acceptors (Lipinski definition) is 8. The van der Waals surface area contributed by atoms with Crippen LogP contribution in [0.4, 0.5) is 26.3 Å². The molecule has 2 aromatic heterocycles. The van der Waals surface area contributed by atoms with Gasteiger partial charge in [0, 0.05) is 98.6 Å². The molecule has 0 saturated heterocycles. The number of aliphatic carboxylic acids is 2. The van der Waals surface area contributed by atoms with Crippen LogP contribution in [0.1, 0.15) is 62.8 Å². The molecule has 6 N–H and O–H groups in total. The molecule has 2 unspecified atom stereocenters. The number of rotatable bonds is 13. The Balaban J connectivity index is 0.000000187. The van der Waals surface area contributed by atoms with Gasteiger partial charge in [0.15, 0.2) is 12.2 Å². The number of hydrogen-bond donors (Lipinski definition) is 6. The molecule has 370 valence electrons. The molecule has 68 heavy (non-hydrogen) atoms. The van der Waals surface area contributed by atoms with E-state index < -0.39 is 61.2 Å². The zero-order chi connectivity index (χ0) is 49.8. The van der Waals surface area contributed by atoms with Gasteiger partial charge in [-0.15, -0.1) is 0 Å². The van der Waals surface area contributed by atoms with Crippen molar-refractivity contribution in [2.75, 3.05) is 52.4 Å². The van der Waals surface area contributed by atoms with Crippen LogP contribution in [0.5, 0.6) is 0 Å². The van der Waals surface area contributed by atoms with Crippen molar-refractivity contribution in [3.63, 3.8) is 0 Å². The summed E-state index contributed by atoms with van der Waals surface area (Å²) in [6.07, 6.45) is -5.43. The molecule has 0 bridgehead atoms. The van der Waals surface area contributed by atoms with Gasteiger partial charge in [0.05, 0.1) is 24.7 Å². The van der Waals surface area contributed by atoms with E-state index >= 15 is 0 Å². The van der Waals surface area contributed by atoms with E-state index in [1.165, 1.54) is 0 Å². The summed E-state index contributed by atoms with van der Waals surface area (Å²) in [5, 5.41) is 34.8. The van der Waals surface area contributed by atoms with E-state index in [1.807, 2.05) is 98.4 Å². The van der Waals surface area contributed by atoms with Crippen LogP contribution < -0.4 is 0 Å². The highest BCUT2D eigenvalue weighted by Gasteiger charge is 2.42. The molecule has 2 aliphatic heterocycles. The lowest BCUT2D eigenvalue weighted by atomic mass is 9.79. The second-order valence-corrected chi connectivity index (χ2v) is 17.3. The molecule has 0 saturated carbocycles. The Morgan fingerprint density at radius 2 is 0.985 bits per heavy atom. The summed E-state index contributed by atoms with van der Waals surface area (Å²) >= 11 is 0. The van der Waals surface area contributed by atoms with Gasteiger partial charge in [-0.2, -0.15) is 26.3 Å². The largest absolute Gasteiger partial charge is 0.479 e. The summed E-state index contributed by atoms with van der Waals surface area (Å²) < 4.78 is 77.9. The number of nitrogens with zero attached hydrogens (tertiary/aromatic N) is 4. The maximum atomic E-state index is 13.0. The third kappa shape index (κ3) is 11.4. The maximum absolute atomic E-state index is 13.0. The summed E-state index contributed by atoms with van der Waals surface area (Å²) in [6, 6.07) is 11.7. The van der Waals surface area contributed by atoms with Gasteiger partial charge in [-0.05, 0) is 86.1 Å². The molecule has 2 amide bonds. The number of carboxylic acid groups (broad SMARTS) is 2. The molecule has 8 rings (SSSR count). The van der Waals surface area contributed by atoms with Gasteiger partial charge < -0.3 is 40.2 Å². The van der Waals surface area contributed by atoms with Crippen molar-refractivity contribution in [2.24, 2.45) is 11.8 Å². The molecule has 2 aliphatic carbocycles. The van der Waals surface area contributed by atoms with Crippen LogP contribution in [0, 0.1) is 11.8 Å². The van der Waals surface area contributed by atoms with E-state index in [-0.39, 0.29) is 37.0 Å². The third-order valence-electron chi connectivity index (χ3n) is 13.2. The summed E-state index contributed by atoms with van der Waals surface area (Å²) in [5.74, 6) is -4.41. The van der Waals surface area contributed by atoms with Gasteiger partial charge >= 0.3 is 24.3 Å². The van der Waals surface area contributed by atoms with Crippen molar-refractivity contribution in [2.45, 2.75) is 90.0 Å². The molecule has 6 atom stereocenters. The summed E-state index contributed by atoms with van der Waals surface area (Å²) in [6.45, 7) is 10.6. The number of benzene rings is 2. The zero-order valence-corrected chi connectivity index (χ0v) is 38.2. The number of carbonyl (C=O) groups excluding carboxylic acids is 2. The monoisotopic (exact) mass is 960 g/mol. The molecule has 20 heteroatoms. The first-order valence-electron chi connectivity index (χ1n) is 22.7. The first-order valence-corrected chi connectivity index (χ1v) is 22.7. The normalized spacial score (nSPS) is 20.9. The predicted molar refractivity (Wildman–Crippen MR) is 242 cm³/mol. The number of aliphatic hydroxyl groups excluding tert-OH is 2. The number of alkyl halides is 6. The van der Waals surface area contributed by atoms with Crippen LogP contribution in [-0.2, 0) is 32.0 Å². The van der Waals surface area contributed by atoms with Gasteiger partial charge in [0.25, 0.3) is 0 Å². The molecule has 0 radical (unpaired) electrons. The molecule has 14 nitrogen and oxygen atoms in total. The fourth-order valence-corrected chi connectivity index (χ4v) is 9.81. The van der Waals surface area contributed by atoms with Gasteiger partial charge in [0.1, 0.15) is 0 Å². The van der Waals surface area contributed by atoms with Crippen LogP contribution in [0.15, 0.2) is 60.9 Å². The fourth-order valence-electron chi connectivity index (χ4n) is 9.81. The van der Waals surface area contributed by atoms with Crippen LogP contribution in [0.2, 0.25) is 0 Å². The molecule has 4 heterocycles. The van der Waals surface area contributed by atoms with E-state index in [0.717, 1.165) is 55.2 Å². The summed E-state index contributed by atoms with van der Waals surface area (Å²) in [7, 11) is 0. The first-order chi connectivity index (χ1) is 32.1. The Hall–Kier alpha value is -5.70. The third-order valence-corrected chi connectivity index (χ3v) is 13.2. The predicted octanol–water partition coefficient (Wildman–Crippen LogP) is 6.33. The minimum Gasteiger partial charge on any atom is -0.479 e. The average molecular weight is 961 g/mol. The van der Waals surface area contributed by atoms with E-state index in [9.17, 15) is 45.5 Å². The number of aromatic amines is 2. The molecule has 0 spiro atoms. The number of aromatic nitrogens is 2. The van der Waals surface area contributed by atoms with Gasteiger partial charge in [-0.3, -0.25) is 19.4 Å². The smallest absolute Gasteiger partial charge is 0.390 e. The lowest BCUT2D eigenvalue weighted by molar-refractivity contribution is -0.165. The standard InChI is InChI=1S/2C22H26F3N3O.C4H6O6/c2*1-3-27(4-2)21(29)15-10-17-16-6-5-7-18-20(16)14(12-26-18)11-19(17)28(13-15)9-8-22(23,24)25;5-1(3(7)8)2(6)4(9)10/h2*5-7,10,12,15,19,26H,3-4,8-9,11,13H2,1-2H3;1-2,5-6H,(H,7,8)(H,9,10)/t2*15-,19-;/m11./s1. The van der Waals surface area contributed by atoms with Crippen molar-refractivity contribution in [1.82, 2.24) is 29.6 Å². The highest BCUT2D eigenvalue weighted by atomic mass is 19.4. The van der Waals surface area contributed by atoms with Crippen LogP contribution >= 0.6 is 0 Å². The Labute approximate surface area is 388 Å². The maximum Gasteiger partial charge on any atom is 0.390 e. The Morgan fingerprint density at radius 1 is 0.632 bits per heavy atom. The first kappa shape index (κ1) is 51.7. The Bertz CT molecular complexity index is 2350. The molecular weight excluding hydrogens is 903 g/mol. The quantitative estimate of drug-likeness (QED) is 0.0825. The van der Waals surface area contributed by atoms with Crippen LogP contribution in [0.25, 0.3) is 33.0 Å². The minimum atomic E-state index is -4.21. The van der Waals surface area contributed by atoms with Crippen molar-refractivity contribution in [3.05, 3.63) is 83.2 Å². The second-order valence-electron chi connectivity index (χ2n) is 17.3. The van der Waals surface area contributed by atoms with E-state index in [0.29, 0.717) is 52.1 Å².